The fraction of sp³-hybridized carbons (Fsp3) is 0.643. The summed E-state index contributed by atoms with van der Waals surface area (Å²) in [5.41, 5.74) is 2.30. The van der Waals surface area contributed by atoms with Crippen LogP contribution in [0.5, 0.6) is 0 Å². The van der Waals surface area contributed by atoms with E-state index in [0.29, 0.717) is 22.4 Å². The molecule has 4 heterocycles. The minimum Gasteiger partial charge on any atom is -0.381 e. The molecule has 2 fully saturated rings. The summed E-state index contributed by atoms with van der Waals surface area (Å²) in [7, 11) is 0. The van der Waals surface area contributed by atoms with Crippen LogP contribution in [-0.2, 0) is 4.74 Å². The molecule has 112 valence electrons. The summed E-state index contributed by atoms with van der Waals surface area (Å²) >= 11 is 0. The number of fused-ring (bicyclic) bond motifs is 1. The lowest BCUT2D eigenvalue weighted by Crippen LogP contribution is -2.42. The fourth-order valence-electron chi connectivity index (χ4n) is 3.42. The Morgan fingerprint density at radius 1 is 1.29 bits per heavy atom. The molecular weight excluding hydrogens is 270 g/mol. The van der Waals surface area contributed by atoms with E-state index in [1.807, 2.05) is 6.92 Å². The summed E-state index contributed by atoms with van der Waals surface area (Å²) in [5.74, 6) is 0.489. The SMILES string of the molecule is Cc1[nH]nc2nc(N3CCC4(CCOC4)CC3)c(=O)[nH]c12. The van der Waals surface area contributed by atoms with E-state index in [0.717, 1.165) is 51.3 Å². The van der Waals surface area contributed by atoms with Crippen molar-refractivity contribution in [3.8, 4) is 0 Å². The standard InChI is InChI=1S/C14H19N5O2/c1-9-10-11(18-17-9)16-12(13(20)15-10)19-5-2-14(3-6-19)4-7-21-8-14/h2-8H2,1H3,(H,15,20)(H,16,17,18). The number of ether oxygens (including phenoxy) is 1. The lowest BCUT2D eigenvalue weighted by atomic mass is 9.78. The van der Waals surface area contributed by atoms with E-state index in [1.54, 1.807) is 0 Å². The average molecular weight is 289 g/mol. The highest BCUT2D eigenvalue weighted by Gasteiger charge is 2.38. The highest BCUT2D eigenvalue weighted by atomic mass is 16.5. The Labute approximate surface area is 121 Å². The Morgan fingerprint density at radius 2 is 2.10 bits per heavy atom. The van der Waals surface area contributed by atoms with Gasteiger partial charge in [0.15, 0.2) is 11.5 Å². The van der Waals surface area contributed by atoms with Crippen LogP contribution in [0.2, 0.25) is 0 Å². The van der Waals surface area contributed by atoms with Crippen LogP contribution in [0, 0.1) is 12.3 Å². The first-order valence-corrected chi connectivity index (χ1v) is 7.45. The predicted octanol–water partition coefficient (Wildman–Crippen LogP) is 0.962. The molecule has 7 heteroatoms. The lowest BCUT2D eigenvalue weighted by molar-refractivity contribution is 0.133. The van der Waals surface area contributed by atoms with Gasteiger partial charge in [0, 0.05) is 19.7 Å². The zero-order valence-electron chi connectivity index (χ0n) is 12.1. The fourth-order valence-corrected chi connectivity index (χ4v) is 3.42. The summed E-state index contributed by atoms with van der Waals surface area (Å²) in [6.07, 6.45) is 3.26. The van der Waals surface area contributed by atoms with Crippen LogP contribution < -0.4 is 10.5 Å². The van der Waals surface area contributed by atoms with Crippen LogP contribution in [-0.4, -0.2) is 46.5 Å². The van der Waals surface area contributed by atoms with Crippen molar-refractivity contribution >= 4 is 17.0 Å². The molecular formula is C14H19N5O2. The first-order valence-electron chi connectivity index (χ1n) is 7.45. The number of hydrogen-bond acceptors (Lipinski definition) is 5. The first-order chi connectivity index (χ1) is 10.2. The maximum atomic E-state index is 12.3. The molecule has 0 amide bonds. The minimum atomic E-state index is -0.134. The Morgan fingerprint density at radius 3 is 2.81 bits per heavy atom. The molecule has 0 unspecified atom stereocenters. The number of hydrogen-bond donors (Lipinski definition) is 2. The van der Waals surface area contributed by atoms with Gasteiger partial charge in [-0.15, -0.1) is 0 Å². The number of nitrogens with one attached hydrogen (secondary N) is 2. The van der Waals surface area contributed by atoms with Crippen molar-refractivity contribution in [3.63, 3.8) is 0 Å². The second kappa shape index (κ2) is 4.56. The molecule has 2 N–H and O–H groups in total. The predicted molar refractivity (Wildman–Crippen MR) is 78.6 cm³/mol. The number of nitrogens with zero attached hydrogens (tertiary/aromatic N) is 3. The monoisotopic (exact) mass is 289 g/mol. The second-order valence-electron chi connectivity index (χ2n) is 6.23. The van der Waals surface area contributed by atoms with Crippen molar-refractivity contribution in [3.05, 3.63) is 16.0 Å². The van der Waals surface area contributed by atoms with E-state index >= 15 is 0 Å². The molecule has 2 aromatic heterocycles. The highest BCUT2D eigenvalue weighted by molar-refractivity contribution is 5.73. The molecule has 0 saturated carbocycles. The molecule has 0 atom stereocenters. The number of piperidine rings is 1. The number of aromatic nitrogens is 4. The zero-order chi connectivity index (χ0) is 14.4. The highest BCUT2D eigenvalue weighted by Crippen LogP contribution is 2.39. The van der Waals surface area contributed by atoms with Gasteiger partial charge >= 0.3 is 0 Å². The van der Waals surface area contributed by atoms with Gasteiger partial charge in [-0.25, -0.2) is 4.98 Å². The lowest BCUT2D eigenvalue weighted by Gasteiger charge is -2.38. The minimum absolute atomic E-state index is 0.134. The zero-order valence-corrected chi connectivity index (χ0v) is 12.1. The maximum absolute atomic E-state index is 12.3. The Bertz CT molecular complexity index is 719. The van der Waals surface area contributed by atoms with Crippen molar-refractivity contribution in [2.45, 2.75) is 26.2 Å². The molecule has 0 aliphatic carbocycles. The molecule has 2 aromatic rings. The molecule has 2 saturated heterocycles. The molecule has 2 aliphatic heterocycles. The quantitative estimate of drug-likeness (QED) is 0.816. The van der Waals surface area contributed by atoms with Gasteiger partial charge in [0.25, 0.3) is 5.56 Å². The number of aryl methyl sites for hydroxylation is 1. The van der Waals surface area contributed by atoms with E-state index < -0.39 is 0 Å². The Balaban J connectivity index is 1.62. The topological polar surface area (TPSA) is 86.9 Å². The second-order valence-corrected chi connectivity index (χ2v) is 6.23. The number of anilines is 1. The average Bonchev–Trinajstić information content (AvgIpc) is 3.08. The van der Waals surface area contributed by atoms with Crippen molar-refractivity contribution in [2.24, 2.45) is 5.41 Å². The molecule has 0 bridgehead atoms. The molecule has 1 spiro atoms. The number of H-pyrrole nitrogens is 2. The van der Waals surface area contributed by atoms with Crippen molar-refractivity contribution in [1.82, 2.24) is 20.2 Å². The van der Waals surface area contributed by atoms with Crippen molar-refractivity contribution in [1.29, 1.82) is 0 Å². The third kappa shape index (κ3) is 2.03. The van der Waals surface area contributed by atoms with E-state index in [2.05, 4.69) is 25.1 Å². The largest absolute Gasteiger partial charge is 0.381 e. The van der Waals surface area contributed by atoms with E-state index in [1.165, 1.54) is 0 Å². The third-order valence-electron chi connectivity index (χ3n) is 4.89. The van der Waals surface area contributed by atoms with Crippen LogP contribution >= 0.6 is 0 Å². The maximum Gasteiger partial charge on any atom is 0.291 e. The van der Waals surface area contributed by atoms with Crippen molar-refractivity contribution in [2.75, 3.05) is 31.2 Å². The number of aromatic amines is 2. The van der Waals surface area contributed by atoms with Crippen molar-refractivity contribution < 1.29 is 4.74 Å². The van der Waals surface area contributed by atoms with Gasteiger partial charge in [0.2, 0.25) is 0 Å². The Hall–Kier alpha value is -1.89. The number of rotatable bonds is 1. The van der Waals surface area contributed by atoms with Crippen LogP contribution in [0.3, 0.4) is 0 Å². The summed E-state index contributed by atoms with van der Waals surface area (Å²) in [4.78, 5) is 21.7. The Kier molecular flexibility index (Phi) is 2.78. The van der Waals surface area contributed by atoms with Gasteiger partial charge in [-0.1, -0.05) is 0 Å². The summed E-state index contributed by atoms with van der Waals surface area (Å²) in [6.45, 7) is 5.32. The van der Waals surface area contributed by atoms with Crippen LogP contribution in [0.1, 0.15) is 25.0 Å². The molecule has 21 heavy (non-hydrogen) atoms. The molecule has 2 aliphatic rings. The van der Waals surface area contributed by atoms with Gasteiger partial charge in [-0.05, 0) is 31.6 Å². The van der Waals surface area contributed by atoms with E-state index in [9.17, 15) is 4.79 Å². The normalized spacial score (nSPS) is 21.5. The molecule has 7 nitrogen and oxygen atoms in total. The van der Waals surface area contributed by atoms with Gasteiger partial charge in [-0.2, -0.15) is 5.10 Å². The van der Waals surface area contributed by atoms with Gasteiger partial charge in [0.1, 0.15) is 5.52 Å². The molecule has 4 rings (SSSR count). The molecule has 0 aromatic carbocycles. The summed E-state index contributed by atoms with van der Waals surface area (Å²) < 4.78 is 5.55. The summed E-state index contributed by atoms with van der Waals surface area (Å²) in [5, 5.41) is 6.99. The van der Waals surface area contributed by atoms with Crippen LogP contribution in [0.25, 0.3) is 11.2 Å². The van der Waals surface area contributed by atoms with E-state index in [-0.39, 0.29) is 5.56 Å². The van der Waals surface area contributed by atoms with Gasteiger partial charge in [-0.3, -0.25) is 9.89 Å². The third-order valence-corrected chi connectivity index (χ3v) is 4.89. The van der Waals surface area contributed by atoms with Crippen LogP contribution in [0.15, 0.2) is 4.79 Å². The van der Waals surface area contributed by atoms with Gasteiger partial charge in [0.05, 0.1) is 12.3 Å². The van der Waals surface area contributed by atoms with Crippen LogP contribution in [0.4, 0.5) is 5.82 Å². The smallest absolute Gasteiger partial charge is 0.291 e. The molecule has 0 radical (unpaired) electrons. The van der Waals surface area contributed by atoms with Gasteiger partial charge < -0.3 is 14.6 Å². The summed E-state index contributed by atoms with van der Waals surface area (Å²) in [6, 6.07) is 0. The first kappa shape index (κ1) is 12.8. The van der Waals surface area contributed by atoms with E-state index in [4.69, 9.17) is 4.74 Å².